The van der Waals surface area contributed by atoms with Crippen molar-refractivity contribution in [2.75, 3.05) is 13.1 Å². The largest absolute Gasteiger partial charge is 0.465 e. The van der Waals surface area contributed by atoms with Crippen LogP contribution in [0.4, 0.5) is 4.79 Å². The van der Waals surface area contributed by atoms with Crippen LogP contribution in [-0.2, 0) is 16.0 Å². The normalized spacial score (nSPS) is 17.6. The maximum atomic E-state index is 12.3. The van der Waals surface area contributed by atoms with Crippen molar-refractivity contribution in [2.45, 2.75) is 45.2 Å². The van der Waals surface area contributed by atoms with E-state index in [1.807, 2.05) is 51.1 Å². The van der Waals surface area contributed by atoms with Gasteiger partial charge < -0.3 is 10.0 Å². The fourth-order valence-corrected chi connectivity index (χ4v) is 3.16. The Kier molecular flexibility index (Phi) is 5.26. The highest BCUT2D eigenvalue weighted by molar-refractivity contribution is 6.36. The van der Waals surface area contributed by atoms with Crippen LogP contribution in [0.2, 0.25) is 0 Å². The number of Topliss-reactive ketones (excluding diaryl/α,β-unsaturated/α-hetero) is 1. The molecule has 1 aliphatic rings. The third-order valence-corrected chi connectivity index (χ3v) is 4.19. The molecule has 1 saturated heterocycles. The number of ketones is 1. The van der Waals surface area contributed by atoms with Gasteiger partial charge in [0, 0.05) is 25.0 Å². The first-order valence-electron chi connectivity index (χ1n) is 8.08. The predicted molar refractivity (Wildman–Crippen MR) is 89.8 cm³/mol. The third-order valence-electron chi connectivity index (χ3n) is 4.19. The summed E-state index contributed by atoms with van der Waals surface area (Å²) in [6.07, 6.45) is -0.381. The standard InChI is InChI=1S/C18H24N2O4/c1-18(2,3)20(17(23)24)14-9-10-19(12-14)16(22)15(21)11-13-7-5-4-6-8-13/h4-8,14H,9-12H2,1-3H3,(H,23,24). The van der Waals surface area contributed by atoms with E-state index in [0.29, 0.717) is 13.0 Å². The lowest BCUT2D eigenvalue weighted by Gasteiger charge is -2.37. The summed E-state index contributed by atoms with van der Waals surface area (Å²) in [5, 5.41) is 9.45. The summed E-state index contributed by atoms with van der Waals surface area (Å²) in [7, 11) is 0. The number of carbonyl (C=O) groups is 3. The van der Waals surface area contributed by atoms with Gasteiger partial charge in [0.1, 0.15) is 0 Å². The molecule has 1 atom stereocenters. The van der Waals surface area contributed by atoms with E-state index in [1.165, 1.54) is 9.80 Å². The van der Waals surface area contributed by atoms with Crippen LogP contribution >= 0.6 is 0 Å². The number of carboxylic acid groups (broad SMARTS) is 1. The molecule has 6 heteroatoms. The first-order chi connectivity index (χ1) is 11.2. The molecule has 130 valence electrons. The van der Waals surface area contributed by atoms with E-state index in [0.717, 1.165) is 5.56 Å². The first-order valence-corrected chi connectivity index (χ1v) is 8.08. The Bertz CT molecular complexity index is 622. The minimum absolute atomic E-state index is 0.0722. The van der Waals surface area contributed by atoms with Crippen LogP contribution in [0.15, 0.2) is 30.3 Å². The average Bonchev–Trinajstić information content (AvgIpc) is 2.94. The quantitative estimate of drug-likeness (QED) is 0.857. The number of amides is 2. The maximum Gasteiger partial charge on any atom is 0.408 e. The van der Waals surface area contributed by atoms with E-state index in [9.17, 15) is 19.5 Å². The molecular weight excluding hydrogens is 308 g/mol. The first kappa shape index (κ1) is 18.0. The topological polar surface area (TPSA) is 77.9 Å². The minimum atomic E-state index is -1.00. The number of rotatable bonds is 4. The molecule has 1 unspecified atom stereocenters. The molecule has 2 amide bonds. The minimum Gasteiger partial charge on any atom is -0.465 e. The molecule has 0 spiro atoms. The molecule has 1 fully saturated rings. The highest BCUT2D eigenvalue weighted by Crippen LogP contribution is 2.24. The van der Waals surface area contributed by atoms with E-state index in [1.54, 1.807) is 0 Å². The average molecular weight is 332 g/mol. The van der Waals surface area contributed by atoms with Gasteiger partial charge in [0.2, 0.25) is 5.78 Å². The zero-order valence-corrected chi connectivity index (χ0v) is 14.4. The van der Waals surface area contributed by atoms with Crippen LogP contribution in [-0.4, -0.2) is 57.4 Å². The third kappa shape index (κ3) is 4.13. The molecule has 1 N–H and O–H groups in total. The molecule has 24 heavy (non-hydrogen) atoms. The van der Waals surface area contributed by atoms with Crippen molar-refractivity contribution in [3.63, 3.8) is 0 Å². The number of hydrogen-bond acceptors (Lipinski definition) is 3. The lowest BCUT2D eigenvalue weighted by atomic mass is 10.0. The lowest BCUT2D eigenvalue weighted by Crippen LogP contribution is -2.52. The summed E-state index contributed by atoms with van der Waals surface area (Å²) >= 11 is 0. The van der Waals surface area contributed by atoms with Crippen molar-refractivity contribution >= 4 is 17.8 Å². The maximum absolute atomic E-state index is 12.3. The second-order valence-corrected chi connectivity index (χ2v) is 7.10. The van der Waals surface area contributed by atoms with Gasteiger partial charge >= 0.3 is 6.09 Å². The highest BCUT2D eigenvalue weighted by Gasteiger charge is 2.39. The Balaban J connectivity index is 2.00. The summed E-state index contributed by atoms with van der Waals surface area (Å²) in [5.41, 5.74) is 0.248. The van der Waals surface area contributed by atoms with Gasteiger partial charge in [0.05, 0.1) is 6.04 Å². The molecule has 0 bridgehead atoms. The van der Waals surface area contributed by atoms with Gasteiger partial charge in [-0.3, -0.25) is 14.5 Å². The van der Waals surface area contributed by atoms with E-state index in [-0.39, 0.29) is 19.0 Å². The molecule has 0 aliphatic carbocycles. The predicted octanol–water partition coefficient (Wildman–Crippen LogP) is 2.18. The van der Waals surface area contributed by atoms with Crippen molar-refractivity contribution in [3.05, 3.63) is 35.9 Å². The van der Waals surface area contributed by atoms with Crippen LogP contribution in [0.5, 0.6) is 0 Å². The van der Waals surface area contributed by atoms with Crippen LogP contribution < -0.4 is 0 Å². The monoisotopic (exact) mass is 332 g/mol. The SMILES string of the molecule is CC(C)(C)N(C(=O)O)C1CCN(C(=O)C(=O)Cc2ccccc2)C1. The number of nitrogens with zero attached hydrogens (tertiary/aromatic N) is 2. The van der Waals surface area contributed by atoms with E-state index in [2.05, 4.69) is 0 Å². The van der Waals surface area contributed by atoms with Crippen LogP contribution in [0.1, 0.15) is 32.8 Å². The van der Waals surface area contributed by atoms with Crippen molar-refractivity contribution in [1.29, 1.82) is 0 Å². The fraction of sp³-hybridized carbons (Fsp3) is 0.500. The van der Waals surface area contributed by atoms with Crippen molar-refractivity contribution in [2.24, 2.45) is 0 Å². The van der Waals surface area contributed by atoms with Gasteiger partial charge in [0.25, 0.3) is 5.91 Å². The second kappa shape index (κ2) is 7.03. The van der Waals surface area contributed by atoms with E-state index >= 15 is 0 Å². The number of carbonyl (C=O) groups excluding carboxylic acids is 2. The molecule has 0 saturated carbocycles. The molecule has 1 aromatic carbocycles. The van der Waals surface area contributed by atoms with Gasteiger partial charge in [-0.1, -0.05) is 30.3 Å². The Morgan fingerprint density at radius 1 is 1.21 bits per heavy atom. The Morgan fingerprint density at radius 2 is 1.83 bits per heavy atom. The van der Waals surface area contributed by atoms with Gasteiger partial charge in [-0.15, -0.1) is 0 Å². The molecule has 0 aromatic heterocycles. The lowest BCUT2D eigenvalue weighted by molar-refractivity contribution is -0.143. The Labute approximate surface area is 142 Å². The van der Waals surface area contributed by atoms with Crippen molar-refractivity contribution in [1.82, 2.24) is 9.80 Å². The molecule has 2 rings (SSSR count). The smallest absolute Gasteiger partial charge is 0.408 e. The van der Waals surface area contributed by atoms with Crippen molar-refractivity contribution in [3.8, 4) is 0 Å². The molecule has 1 aliphatic heterocycles. The second-order valence-electron chi connectivity index (χ2n) is 7.10. The summed E-state index contributed by atoms with van der Waals surface area (Å²) in [6.45, 7) is 6.15. The highest BCUT2D eigenvalue weighted by atomic mass is 16.4. The molecule has 6 nitrogen and oxygen atoms in total. The van der Waals surface area contributed by atoms with Gasteiger partial charge in [-0.05, 0) is 32.8 Å². The summed E-state index contributed by atoms with van der Waals surface area (Å²) in [5.74, 6) is -0.986. The summed E-state index contributed by atoms with van der Waals surface area (Å²) in [6, 6.07) is 8.84. The number of benzene rings is 1. The van der Waals surface area contributed by atoms with Gasteiger partial charge in [0.15, 0.2) is 0 Å². The van der Waals surface area contributed by atoms with Crippen LogP contribution in [0.25, 0.3) is 0 Å². The number of hydrogen-bond donors (Lipinski definition) is 1. The van der Waals surface area contributed by atoms with Gasteiger partial charge in [-0.25, -0.2) is 4.79 Å². The summed E-state index contributed by atoms with van der Waals surface area (Å²) in [4.78, 5) is 38.9. The van der Waals surface area contributed by atoms with Gasteiger partial charge in [-0.2, -0.15) is 0 Å². The molecular formula is C18H24N2O4. The fourth-order valence-electron chi connectivity index (χ4n) is 3.16. The van der Waals surface area contributed by atoms with Crippen molar-refractivity contribution < 1.29 is 19.5 Å². The van der Waals surface area contributed by atoms with Crippen LogP contribution in [0.3, 0.4) is 0 Å². The molecule has 1 aromatic rings. The zero-order valence-electron chi connectivity index (χ0n) is 14.4. The number of likely N-dealkylation sites (tertiary alicyclic amines) is 1. The van der Waals surface area contributed by atoms with E-state index < -0.39 is 23.3 Å². The van der Waals surface area contributed by atoms with E-state index in [4.69, 9.17) is 0 Å². The molecule has 1 heterocycles. The molecule has 0 radical (unpaired) electrons. The van der Waals surface area contributed by atoms with Crippen LogP contribution in [0, 0.1) is 0 Å². The zero-order chi connectivity index (χ0) is 17.9. The summed E-state index contributed by atoms with van der Waals surface area (Å²) < 4.78 is 0. The Hall–Kier alpha value is -2.37. The Morgan fingerprint density at radius 3 is 2.38 bits per heavy atom.